The highest BCUT2D eigenvalue weighted by molar-refractivity contribution is 5.86. The average Bonchev–Trinajstić information content (AvgIpc) is 1.88. The van der Waals surface area contributed by atoms with E-state index in [1.807, 2.05) is 0 Å². The fourth-order valence-electron chi connectivity index (χ4n) is 0.432. The molecular weight excluding hydrogens is 142 g/mol. The lowest BCUT2D eigenvalue weighted by atomic mass is 10.3. The summed E-state index contributed by atoms with van der Waals surface area (Å²) in [6.45, 7) is 7.67. The van der Waals surface area contributed by atoms with Crippen molar-refractivity contribution < 1.29 is 9.53 Å². The van der Waals surface area contributed by atoms with Gasteiger partial charge in [0, 0.05) is 5.57 Å². The molecule has 0 bridgehead atoms. The van der Waals surface area contributed by atoms with Crippen LogP contribution in [0.15, 0.2) is 12.2 Å². The van der Waals surface area contributed by atoms with Gasteiger partial charge in [0.25, 0.3) is 0 Å². The molecule has 66 valence electrons. The van der Waals surface area contributed by atoms with E-state index in [1.165, 1.54) is 0 Å². The summed E-state index contributed by atoms with van der Waals surface area (Å²) in [6.07, 6.45) is 1.97. The van der Waals surface area contributed by atoms with Crippen molar-refractivity contribution in [2.75, 3.05) is 6.61 Å². The predicted molar refractivity (Wildman–Crippen MR) is 45.7 cm³/mol. The van der Waals surface area contributed by atoms with Crippen molar-refractivity contribution in [3.63, 3.8) is 0 Å². The fourth-order valence-corrected chi connectivity index (χ4v) is 0.432. The van der Waals surface area contributed by atoms with Crippen molar-refractivity contribution in [2.24, 2.45) is 0 Å². The van der Waals surface area contributed by atoms with Crippen LogP contribution in [0.25, 0.3) is 0 Å². The number of hydrogen-bond acceptors (Lipinski definition) is 3. The van der Waals surface area contributed by atoms with Gasteiger partial charge in [-0.1, -0.05) is 19.9 Å². The molecule has 0 spiro atoms. The van der Waals surface area contributed by atoms with Crippen LogP contribution >= 0.6 is 0 Å². The molecule has 0 aliphatic rings. The highest BCUT2D eigenvalue weighted by atomic mass is 16.5. The SMILES string of the molecule is C=C(C)C(=O)OCCCC.N. The monoisotopic (exact) mass is 159 g/mol. The van der Waals surface area contributed by atoms with Gasteiger partial charge in [-0.05, 0) is 13.3 Å². The molecule has 0 aromatic rings. The fraction of sp³-hybridized carbons (Fsp3) is 0.625. The number of hydrogen-bond donors (Lipinski definition) is 1. The molecular formula is C8H17NO2. The van der Waals surface area contributed by atoms with Gasteiger partial charge in [0.2, 0.25) is 0 Å². The summed E-state index contributed by atoms with van der Waals surface area (Å²) in [7, 11) is 0. The van der Waals surface area contributed by atoms with Gasteiger partial charge in [-0.2, -0.15) is 0 Å². The second-order valence-corrected chi connectivity index (χ2v) is 2.27. The third-order valence-corrected chi connectivity index (χ3v) is 1.08. The number of esters is 1. The van der Waals surface area contributed by atoms with E-state index in [2.05, 4.69) is 13.5 Å². The van der Waals surface area contributed by atoms with E-state index in [0.717, 1.165) is 12.8 Å². The third-order valence-electron chi connectivity index (χ3n) is 1.08. The Bertz CT molecular complexity index is 132. The van der Waals surface area contributed by atoms with Gasteiger partial charge in [0.1, 0.15) is 0 Å². The first kappa shape index (κ1) is 12.8. The maximum Gasteiger partial charge on any atom is 0.333 e. The topological polar surface area (TPSA) is 61.3 Å². The summed E-state index contributed by atoms with van der Waals surface area (Å²) in [5.41, 5.74) is 0.469. The van der Waals surface area contributed by atoms with Gasteiger partial charge in [0.05, 0.1) is 6.61 Å². The zero-order valence-corrected chi connectivity index (χ0v) is 7.35. The van der Waals surface area contributed by atoms with Crippen molar-refractivity contribution in [3.8, 4) is 0 Å². The molecule has 0 rings (SSSR count). The lowest BCUT2D eigenvalue weighted by molar-refractivity contribution is -0.139. The number of carbonyl (C=O) groups is 1. The largest absolute Gasteiger partial charge is 0.462 e. The van der Waals surface area contributed by atoms with Crippen molar-refractivity contribution in [1.82, 2.24) is 6.15 Å². The standard InChI is InChI=1S/C8H14O2.H3N/c1-4-5-6-10-8(9)7(2)3;/h2,4-6H2,1,3H3;1H3. The van der Waals surface area contributed by atoms with Crippen LogP contribution in [0.5, 0.6) is 0 Å². The summed E-state index contributed by atoms with van der Waals surface area (Å²) in [6, 6.07) is 0. The normalized spacial score (nSPS) is 8.18. The second kappa shape index (κ2) is 7.28. The first-order valence-corrected chi connectivity index (χ1v) is 3.51. The van der Waals surface area contributed by atoms with E-state index < -0.39 is 0 Å². The second-order valence-electron chi connectivity index (χ2n) is 2.27. The molecule has 0 aromatic heterocycles. The van der Waals surface area contributed by atoms with Gasteiger partial charge < -0.3 is 10.9 Å². The van der Waals surface area contributed by atoms with Crippen LogP contribution in [-0.2, 0) is 9.53 Å². The molecule has 0 fully saturated rings. The van der Waals surface area contributed by atoms with E-state index in [4.69, 9.17) is 4.74 Å². The number of carbonyl (C=O) groups excluding carboxylic acids is 1. The van der Waals surface area contributed by atoms with E-state index in [0.29, 0.717) is 12.2 Å². The van der Waals surface area contributed by atoms with Gasteiger partial charge in [-0.15, -0.1) is 0 Å². The van der Waals surface area contributed by atoms with Crippen LogP contribution in [0.2, 0.25) is 0 Å². The Labute approximate surface area is 68.0 Å². The minimum Gasteiger partial charge on any atom is -0.462 e. The van der Waals surface area contributed by atoms with Crippen molar-refractivity contribution in [2.45, 2.75) is 26.7 Å². The predicted octanol–water partition coefficient (Wildman–Crippen LogP) is 2.07. The van der Waals surface area contributed by atoms with Gasteiger partial charge in [0.15, 0.2) is 0 Å². The molecule has 3 nitrogen and oxygen atoms in total. The molecule has 0 aliphatic heterocycles. The molecule has 11 heavy (non-hydrogen) atoms. The van der Waals surface area contributed by atoms with Crippen LogP contribution < -0.4 is 6.15 Å². The molecule has 0 aliphatic carbocycles. The molecule has 3 heteroatoms. The summed E-state index contributed by atoms with van der Waals surface area (Å²) in [5, 5.41) is 0. The maximum atomic E-state index is 10.7. The minimum absolute atomic E-state index is 0. The van der Waals surface area contributed by atoms with Crippen molar-refractivity contribution >= 4 is 5.97 Å². The molecule has 0 radical (unpaired) electrons. The summed E-state index contributed by atoms with van der Waals surface area (Å²) < 4.78 is 4.81. The van der Waals surface area contributed by atoms with Gasteiger partial charge in [-0.25, -0.2) is 4.79 Å². The number of ether oxygens (including phenoxy) is 1. The van der Waals surface area contributed by atoms with Crippen LogP contribution in [-0.4, -0.2) is 12.6 Å². The molecule has 0 unspecified atom stereocenters. The Morgan fingerprint density at radius 2 is 2.09 bits per heavy atom. The number of rotatable bonds is 4. The van der Waals surface area contributed by atoms with Crippen LogP contribution in [0.1, 0.15) is 26.7 Å². The Balaban J connectivity index is 0. The highest BCUT2D eigenvalue weighted by Gasteiger charge is 2.00. The molecule has 0 saturated carbocycles. The van der Waals surface area contributed by atoms with E-state index in [9.17, 15) is 4.79 Å². The Hall–Kier alpha value is -0.830. The summed E-state index contributed by atoms with van der Waals surface area (Å²) in [5.74, 6) is -0.284. The first-order valence-electron chi connectivity index (χ1n) is 3.51. The molecule has 0 aromatic carbocycles. The first-order chi connectivity index (χ1) is 4.68. The third kappa shape index (κ3) is 7.06. The molecule has 0 saturated heterocycles. The lowest BCUT2D eigenvalue weighted by Crippen LogP contribution is -2.05. The summed E-state index contributed by atoms with van der Waals surface area (Å²) >= 11 is 0. The van der Waals surface area contributed by atoms with E-state index >= 15 is 0 Å². The van der Waals surface area contributed by atoms with E-state index in [-0.39, 0.29) is 12.1 Å². The molecule has 0 amide bonds. The van der Waals surface area contributed by atoms with E-state index in [1.54, 1.807) is 6.92 Å². The quantitative estimate of drug-likeness (QED) is 0.388. The van der Waals surface area contributed by atoms with Crippen molar-refractivity contribution in [1.29, 1.82) is 0 Å². The van der Waals surface area contributed by atoms with Crippen LogP contribution in [0.4, 0.5) is 0 Å². The molecule has 3 N–H and O–H groups in total. The Morgan fingerprint density at radius 3 is 2.45 bits per heavy atom. The minimum atomic E-state index is -0.284. The Morgan fingerprint density at radius 1 is 1.55 bits per heavy atom. The zero-order valence-electron chi connectivity index (χ0n) is 7.35. The van der Waals surface area contributed by atoms with Gasteiger partial charge in [-0.3, -0.25) is 0 Å². The Kier molecular flexibility index (Phi) is 8.48. The lowest BCUT2D eigenvalue weighted by Gasteiger charge is -2.01. The van der Waals surface area contributed by atoms with Gasteiger partial charge >= 0.3 is 5.97 Å². The van der Waals surface area contributed by atoms with Crippen LogP contribution in [0.3, 0.4) is 0 Å². The van der Waals surface area contributed by atoms with Crippen LogP contribution in [0, 0.1) is 0 Å². The molecule has 0 heterocycles. The zero-order chi connectivity index (χ0) is 7.98. The maximum absolute atomic E-state index is 10.7. The smallest absolute Gasteiger partial charge is 0.333 e. The summed E-state index contributed by atoms with van der Waals surface area (Å²) in [4.78, 5) is 10.7. The average molecular weight is 159 g/mol. The number of unbranched alkanes of at least 4 members (excludes halogenated alkanes) is 1. The van der Waals surface area contributed by atoms with Crippen molar-refractivity contribution in [3.05, 3.63) is 12.2 Å². The molecule has 0 atom stereocenters. The highest BCUT2D eigenvalue weighted by Crippen LogP contribution is 1.94.